The Balaban J connectivity index is 1.36. The zero-order valence-corrected chi connectivity index (χ0v) is 18.5. The minimum atomic E-state index is -0.467. The molecule has 2 aliphatic rings. The van der Waals surface area contributed by atoms with Gasteiger partial charge in [-0.2, -0.15) is 0 Å². The standard InChI is InChI=1S/C28H25FN2O2/c1-16(17-6-3-2-4-7-17)31-24-9-5-8-21-22-13-18(10-11-25(22)33-27(21)24)19-12-20-15-30-28(32)26(20)23(29)14-19/h2-4,6-7,10-14,16,24,31H,5,8-9,15H2,1H3,(H,30,32)/t16-,24-/m1/s1. The van der Waals surface area contributed by atoms with Gasteiger partial charge in [0.25, 0.3) is 5.91 Å². The van der Waals surface area contributed by atoms with Crippen molar-refractivity contribution in [2.45, 2.75) is 44.8 Å². The molecule has 0 spiro atoms. The maximum Gasteiger partial charge on any atom is 0.254 e. The second-order valence-corrected chi connectivity index (χ2v) is 9.07. The SMILES string of the molecule is C[C@@H](N[C@@H]1CCCc2c1oc1ccc(-c3cc(F)c4c(c3)CNC4=O)cc21)c1ccccc1. The number of amides is 1. The van der Waals surface area contributed by atoms with Gasteiger partial charge in [0, 0.05) is 23.5 Å². The van der Waals surface area contributed by atoms with Gasteiger partial charge in [-0.25, -0.2) is 4.39 Å². The van der Waals surface area contributed by atoms with E-state index in [2.05, 4.69) is 47.9 Å². The molecular formula is C28H25FN2O2. The number of furan rings is 1. The van der Waals surface area contributed by atoms with Crippen molar-refractivity contribution in [2.75, 3.05) is 0 Å². The number of rotatable bonds is 4. The summed E-state index contributed by atoms with van der Waals surface area (Å²) in [5.74, 6) is 0.216. The average molecular weight is 441 g/mol. The fourth-order valence-corrected chi connectivity index (χ4v) is 5.29. The molecule has 0 unspecified atom stereocenters. The fourth-order valence-electron chi connectivity index (χ4n) is 5.29. The zero-order chi connectivity index (χ0) is 22.5. The smallest absolute Gasteiger partial charge is 0.254 e. The van der Waals surface area contributed by atoms with E-state index in [0.717, 1.165) is 47.1 Å². The molecule has 6 rings (SSSR count). The third-order valence-corrected chi connectivity index (χ3v) is 6.98. The van der Waals surface area contributed by atoms with Crippen LogP contribution in [0.1, 0.15) is 64.7 Å². The number of benzene rings is 3. The van der Waals surface area contributed by atoms with Crippen LogP contribution < -0.4 is 10.6 Å². The first-order valence-corrected chi connectivity index (χ1v) is 11.6. The largest absolute Gasteiger partial charge is 0.459 e. The van der Waals surface area contributed by atoms with E-state index >= 15 is 0 Å². The molecule has 1 amide bonds. The minimum Gasteiger partial charge on any atom is -0.459 e. The van der Waals surface area contributed by atoms with E-state index in [0.29, 0.717) is 12.1 Å². The van der Waals surface area contributed by atoms with Crippen LogP contribution in [0.4, 0.5) is 4.39 Å². The monoisotopic (exact) mass is 440 g/mol. The van der Waals surface area contributed by atoms with Crippen LogP contribution in [-0.4, -0.2) is 5.91 Å². The topological polar surface area (TPSA) is 54.3 Å². The van der Waals surface area contributed by atoms with Crippen molar-refractivity contribution in [3.05, 3.63) is 94.5 Å². The van der Waals surface area contributed by atoms with Crippen molar-refractivity contribution in [1.29, 1.82) is 0 Å². The van der Waals surface area contributed by atoms with E-state index in [1.807, 2.05) is 24.3 Å². The van der Waals surface area contributed by atoms with Gasteiger partial charge in [0.1, 0.15) is 17.2 Å². The van der Waals surface area contributed by atoms with E-state index in [-0.39, 0.29) is 23.6 Å². The van der Waals surface area contributed by atoms with Crippen LogP contribution in [-0.2, 0) is 13.0 Å². The van der Waals surface area contributed by atoms with Crippen molar-refractivity contribution in [1.82, 2.24) is 10.6 Å². The molecule has 3 aromatic carbocycles. The normalized spacial score (nSPS) is 18.1. The fraction of sp³-hybridized carbons (Fsp3) is 0.250. The molecule has 33 heavy (non-hydrogen) atoms. The van der Waals surface area contributed by atoms with E-state index in [1.165, 1.54) is 17.2 Å². The quantitative estimate of drug-likeness (QED) is 0.397. The molecule has 1 aliphatic heterocycles. The Bertz CT molecular complexity index is 1380. The summed E-state index contributed by atoms with van der Waals surface area (Å²) in [4.78, 5) is 11.9. The Morgan fingerprint density at radius 1 is 1.09 bits per heavy atom. The molecule has 0 fully saturated rings. The van der Waals surface area contributed by atoms with Crippen molar-refractivity contribution < 1.29 is 13.6 Å². The highest BCUT2D eigenvalue weighted by molar-refractivity contribution is 5.99. The number of fused-ring (bicyclic) bond motifs is 4. The predicted octanol–water partition coefficient (Wildman–Crippen LogP) is 6.21. The summed E-state index contributed by atoms with van der Waals surface area (Å²) in [5, 5.41) is 7.55. The molecule has 2 atom stereocenters. The Kier molecular flexibility index (Phi) is 4.80. The number of nitrogens with one attached hydrogen (secondary N) is 2. The van der Waals surface area contributed by atoms with E-state index < -0.39 is 5.82 Å². The lowest BCUT2D eigenvalue weighted by atomic mass is 9.90. The highest BCUT2D eigenvalue weighted by Crippen LogP contribution is 2.40. The lowest BCUT2D eigenvalue weighted by Gasteiger charge is -2.26. The second kappa shape index (κ2) is 7.85. The third kappa shape index (κ3) is 3.44. The first-order valence-electron chi connectivity index (χ1n) is 11.6. The molecule has 0 bridgehead atoms. The van der Waals surface area contributed by atoms with Gasteiger partial charge in [-0.15, -0.1) is 0 Å². The van der Waals surface area contributed by atoms with Crippen LogP contribution in [0, 0.1) is 5.82 Å². The molecule has 2 N–H and O–H groups in total. The maximum absolute atomic E-state index is 14.6. The summed E-state index contributed by atoms with van der Waals surface area (Å²) in [6.45, 7) is 2.56. The predicted molar refractivity (Wildman–Crippen MR) is 126 cm³/mol. The van der Waals surface area contributed by atoms with Crippen LogP contribution in [0.3, 0.4) is 0 Å². The zero-order valence-electron chi connectivity index (χ0n) is 18.5. The Hall–Kier alpha value is -3.44. The lowest BCUT2D eigenvalue weighted by molar-refractivity contribution is 0.0962. The number of carbonyl (C=O) groups is 1. The highest BCUT2D eigenvalue weighted by Gasteiger charge is 2.28. The summed E-state index contributed by atoms with van der Waals surface area (Å²) in [6.07, 6.45) is 3.10. The number of carbonyl (C=O) groups excluding carboxylic acids is 1. The maximum atomic E-state index is 14.6. The van der Waals surface area contributed by atoms with E-state index in [9.17, 15) is 9.18 Å². The van der Waals surface area contributed by atoms with Gasteiger partial charge < -0.3 is 15.1 Å². The molecule has 4 aromatic rings. The van der Waals surface area contributed by atoms with E-state index in [4.69, 9.17) is 4.42 Å². The molecule has 2 heterocycles. The summed E-state index contributed by atoms with van der Waals surface area (Å²) < 4.78 is 21.0. The van der Waals surface area contributed by atoms with Crippen molar-refractivity contribution in [3.63, 3.8) is 0 Å². The second-order valence-electron chi connectivity index (χ2n) is 9.07. The molecule has 166 valence electrons. The van der Waals surface area contributed by atoms with E-state index in [1.54, 1.807) is 0 Å². The van der Waals surface area contributed by atoms with Gasteiger partial charge >= 0.3 is 0 Å². The number of hydrogen-bond acceptors (Lipinski definition) is 3. The third-order valence-electron chi connectivity index (χ3n) is 6.98. The first kappa shape index (κ1) is 20.2. The van der Waals surface area contributed by atoms with Gasteiger partial charge in [-0.3, -0.25) is 4.79 Å². The van der Waals surface area contributed by atoms with Crippen LogP contribution in [0.2, 0.25) is 0 Å². The first-order chi connectivity index (χ1) is 16.1. The number of aryl methyl sites for hydroxylation is 1. The van der Waals surface area contributed by atoms with Crippen LogP contribution in [0.15, 0.2) is 65.1 Å². The molecule has 0 saturated carbocycles. The van der Waals surface area contributed by atoms with Gasteiger partial charge in [0.2, 0.25) is 0 Å². The average Bonchev–Trinajstić information content (AvgIpc) is 3.40. The van der Waals surface area contributed by atoms with Crippen LogP contribution >= 0.6 is 0 Å². The van der Waals surface area contributed by atoms with Gasteiger partial charge in [-0.1, -0.05) is 36.4 Å². The Morgan fingerprint density at radius 2 is 1.94 bits per heavy atom. The minimum absolute atomic E-state index is 0.161. The highest BCUT2D eigenvalue weighted by atomic mass is 19.1. The van der Waals surface area contributed by atoms with Crippen LogP contribution in [0.25, 0.3) is 22.1 Å². The molecule has 1 aromatic heterocycles. The summed E-state index contributed by atoms with van der Waals surface area (Å²) in [7, 11) is 0. The van der Waals surface area contributed by atoms with Crippen molar-refractivity contribution in [3.8, 4) is 11.1 Å². The van der Waals surface area contributed by atoms with Crippen molar-refractivity contribution >= 4 is 16.9 Å². The number of hydrogen-bond donors (Lipinski definition) is 2. The van der Waals surface area contributed by atoms with Crippen molar-refractivity contribution in [2.24, 2.45) is 0 Å². The summed E-state index contributed by atoms with van der Waals surface area (Å²) in [5.41, 5.74) is 5.96. The Morgan fingerprint density at radius 3 is 2.79 bits per heavy atom. The Labute approximate surface area is 191 Å². The molecule has 0 saturated heterocycles. The summed E-state index contributed by atoms with van der Waals surface area (Å²) in [6, 6.07) is 20.3. The van der Waals surface area contributed by atoms with Gasteiger partial charge in [-0.05, 0) is 72.7 Å². The van der Waals surface area contributed by atoms with Gasteiger partial charge in [0.05, 0.1) is 11.6 Å². The van der Waals surface area contributed by atoms with Gasteiger partial charge in [0.15, 0.2) is 0 Å². The number of halogens is 1. The summed E-state index contributed by atoms with van der Waals surface area (Å²) >= 11 is 0. The lowest BCUT2D eigenvalue weighted by Crippen LogP contribution is -2.27. The molecule has 1 aliphatic carbocycles. The molecule has 4 nitrogen and oxygen atoms in total. The molecule has 5 heteroatoms. The molecular weight excluding hydrogens is 415 g/mol. The van der Waals surface area contributed by atoms with Crippen LogP contribution in [0.5, 0.6) is 0 Å². The molecule has 0 radical (unpaired) electrons.